The highest BCUT2D eigenvalue weighted by Gasteiger charge is 2.16. The minimum atomic E-state index is 0.205. The number of ether oxygens (including phenoxy) is 1. The summed E-state index contributed by atoms with van der Waals surface area (Å²) < 4.78 is 5.11. The molecule has 1 fully saturated rings. The number of benzene rings is 1. The first-order valence-electron chi connectivity index (χ1n) is 5.96. The normalized spacial score (nSPS) is 17.5. The average molecular weight is 234 g/mol. The number of carbonyl (C=O) groups is 1. The molecule has 1 aliphatic rings. The van der Waals surface area contributed by atoms with Crippen LogP contribution in [-0.4, -0.2) is 32.7 Å². The average Bonchev–Trinajstić information content (AvgIpc) is 2.35. The first-order valence-corrected chi connectivity index (χ1v) is 5.96. The number of nitrogens with zero attached hydrogens (tertiary/aromatic N) is 1. The summed E-state index contributed by atoms with van der Waals surface area (Å²) in [5.74, 6) is 1.02. The molecule has 4 nitrogen and oxygen atoms in total. The number of rotatable bonds is 2. The summed E-state index contributed by atoms with van der Waals surface area (Å²) in [5, 5.41) is 3.31. The predicted octanol–water partition coefficient (Wildman–Crippen LogP) is 1.41. The molecule has 1 heterocycles. The largest absolute Gasteiger partial charge is 0.497 e. The highest BCUT2D eigenvalue weighted by Crippen LogP contribution is 2.20. The van der Waals surface area contributed by atoms with Gasteiger partial charge in [-0.3, -0.25) is 4.79 Å². The lowest BCUT2D eigenvalue weighted by molar-refractivity contribution is -0.118. The van der Waals surface area contributed by atoms with Crippen LogP contribution in [0.5, 0.6) is 5.75 Å². The Morgan fingerprint density at radius 2 is 2.00 bits per heavy atom. The van der Waals surface area contributed by atoms with Crippen LogP contribution in [0.3, 0.4) is 0 Å². The first-order chi connectivity index (χ1) is 8.31. The molecule has 17 heavy (non-hydrogen) atoms. The zero-order valence-electron chi connectivity index (χ0n) is 10.1. The second-order valence-corrected chi connectivity index (χ2v) is 4.10. The van der Waals surface area contributed by atoms with Crippen molar-refractivity contribution < 1.29 is 9.53 Å². The SMILES string of the molecule is COc1ccc(N2CCNCCCC2=O)cc1. The fraction of sp³-hybridized carbons (Fsp3) is 0.462. The molecule has 0 unspecified atom stereocenters. The topological polar surface area (TPSA) is 41.6 Å². The van der Waals surface area contributed by atoms with Gasteiger partial charge >= 0.3 is 0 Å². The van der Waals surface area contributed by atoms with Crippen LogP contribution in [0.15, 0.2) is 24.3 Å². The Morgan fingerprint density at radius 1 is 1.24 bits per heavy atom. The molecule has 0 aliphatic carbocycles. The lowest BCUT2D eigenvalue weighted by atomic mass is 10.2. The number of anilines is 1. The third-order valence-electron chi connectivity index (χ3n) is 2.94. The first kappa shape index (κ1) is 11.9. The number of amides is 1. The van der Waals surface area contributed by atoms with Gasteiger partial charge in [0.15, 0.2) is 0 Å². The molecule has 4 heteroatoms. The van der Waals surface area contributed by atoms with Crippen LogP contribution >= 0.6 is 0 Å². The van der Waals surface area contributed by atoms with E-state index in [4.69, 9.17) is 4.74 Å². The van der Waals surface area contributed by atoms with Gasteiger partial charge in [0.1, 0.15) is 5.75 Å². The zero-order chi connectivity index (χ0) is 12.1. The van der Waals surface area contributed by atoms with E-state index in [0.29, 0.717) is 6.42 Å². The number of hydrogen-bond donors (Lipinski definition) is 1. The molecule has 0 aromatic heterocycles. The maximum absolute atomic E-state index is 12.0. The van der Waals surface area contributed by atoms with E-state index in [0.717, 1.165) is 37.5 Å². The minimum absolute atomic E-state index is 0.205. The molecular weight excluding hydrogens is 216 g/mol. The smallest absolute Gasteiger partial charge is 0.227 e. The number of nitrogens with one attached hydrogen (secondary N) is 1. The molecule has 0 atom stereocenters. The van der Waals surface area contributed by atoms with Gasteiger partial charge in [-0.05, 0) is 37.2 Å². The number of carbonyl (C=O) groups excluding carboxylic acids is 1. The van der Waals surface area contributed by atoms with Crippen molar-refractivity contribution in [3.8, 4) is 5.75 Å². The molecule has 1 N–H and O–H groups in total. The Balaban J connectivity index is 2.13. The number of methoxy groups -OCH3 is 1. The van der Waals surface area contributed by atoms with Crippen molar-refractivity contribution in [3.05, 3.63) is 24.3 Å². The van der Waals surface area contributed by atoms with Crippen LogP contribution in [0.25, 0.3) is 0 Å². The standard InChI is InChI=1S/C13H18N2O2/c1-17-12-6-4-11(5-7-12)15-10-9-14-8-2-3-13(15)16/h4-7,14H,2-3,8-10H2,1H3. The van der Waals surface area contributed by atoms with E-state index in [2.05, 4.69) is 5.32 Å². The van der Waals surface area contributed by atoms with Crippen LogP contribution in [0.4, 0.5) is 5.69 Å². The molecule has 1 aromatic carbocycles. The molecule has 0 bridgehead atoms. The van der Waals surface area contributed by atoms with Crippen molar-refractivity contribution >= 4 is 11.6 Å². The summed E-state index contributed by atoms with van der Waals surface area (Å²) in [6, 6.07) is 7.63. The monoisotopic (exact) mass is 234 g/mol. The van der Waals surface area contributed by atoms with Crippen molar-refractivity contribution in [2.24, 2.45) is 0 Å². The highest BCUT2D eigenvalue weighted by atomic mass is 16.5. The summed E-state index contributed by atoms with van der Waals surface area (Å²) in [6.45, 7) is 2.51. The summed E-state index contributed by atoms with van der Waals surface area (Å²) in [5.41, 5.74) is 0.944. The van der Waals surface area contributed by atoms with Gasteiger partial charge in [-0.15, -0.1) is 0 Å². The molecular formula is C13H18N2O2. The maximum atomic E-state index is 12.0. The Bertz CT molecular complexity index is 376. The van der Waals surface area contributed by atoms with E-state index in [-0.39, 0.29) is 5.91 Å². The van der Waals surface area contributed by atoms with Crippen LogP contribution in [0, 0.1) is 0 Å². The minimum Gasteiger partial charge on any atom is -0.497 e. The second-order valence-electron chi connectivity index (χ2n) is 4.10. The second kappa shape index (κ2) is 5.68. The molecule has 92 valence electrons. The van der Waals surface area contributed by atoms with Crippen molar-refractivity contribution in [1.29, 1.82) is 0 Å². The molecule has 0 saturated carbocycles. The fourth-order valence-electron chi connectivity index (χ4n) is 1.98. The molecule has 1 saturated heterocycles. The number of hydrogen-bond acceptors (Lipinski definition) is 3. The maximum Gasteiger partial charge on any atom is 0.227 e. The van der Waals surface area contributed by atoms with Gasteiger partial charge in [-0.2, -0.15) is 0 Å². The van der Waals surface area contributed by atoms with Crippen molar-refractivity contribution in [3.63, 3.8) is 0 Å². The van der Waals surface area contributed by atoms with Crippen LogP contribution in [0.1, 0.15) is 12.8 Å². The van der Waals surface area contributed by atoms with Crippen molar-refractivity contribution in [2.75, 3.05) is 31.6 Å². The fourth-order valence-corrected chi connectivity index (χ4v) is 1.98. The van der Waals surface area contributed by atoms with Crippen LogP contribution in [-0.2, 0) is 4.79 Å². The Kier molecular flexibility index (Phi) is 3.98. The van der Waals surface area contributed by atoms with E-state index >= 15 is 0 Å². The summed E-state index contributed by atoms with van der Waals surface area (Å²) in [7, 11) is 1.64. The lowest BCUT2D eigenvalue weighted by Crippen LogP contribution is -2.39. The third-order valence-corrected chi connectivity index (χ3v) is 2.94. The summed E-state index contributed by atoms with van der Waals surface area (Å²) in [4.78, 5) is 13.8. The van der Waals surface area contributed by atoms with Crippen molar-refractivity contribution in [2.45, 2.75) is 12.8 Å². The highest BCUT2D eigenvalue weighted by molar-refractivity contribution is 5.93. The Hall–Kier alpha value is -1.55. The molecule has 1 aromatic rings. The molecule has 2 rings (SSSR count). The van der Waals surface area contributed by atoms with Gasteiger partial charge in [-0.25, -0.2) is 0 Å². The molecule has 0 spiro atoms. The summed E-state index contributed by atoms with van der Waals surface area (Å²) >= 11 is 0. The van der Waals surface area contributed by atoms with E-state index in [9.17, 15) is 4.79 Å². The van der Waals surface area contributed by atoms with Gasteiger partial charge in [0.25, 0.3) is 0 Å². The van der Waals surface area contributed by atoms with E-state index in [1.807, 2.05) is 29.2 Å². The van der Waals surface area contributed by atoms with Gasteiger partial charge < -0.3 is 15.0 Å². The zero-order valence-corrected chi connectivity index (χ0v) is 10.1. The van der Waals surface area contributed by atoms with Gasteiger partial charge in [0.2, 0.25) is 5.91 Å². The predicted molar refractivity (Wildman–Crippen MR) is 67.5 cm³/mol. The van der Waals surface area contributed by atoms with Gasteiger partial charge in [-0.1, -0.05) is 0 Å². The Morgan fingerprint density at radius 3 is 2.71 bits per heavy atom. The summed E-state index contributed by atoms with van der Waals surface area (Å²) in [6.07, 6.45) is 1.52. The van der Waals surface area contributed by atoms with Gasteiger partial charge in [0, 0.05) is 25.2 Å². The third kappa shape index (κ3) is 2.97. The molecule has 1 amide bonds. The lowest BCUT2D eigenvalue weighted by Gasteiger charge is -2.25. The van der Waals surface area contributed by atoms with E-state index in [1.54, 1.807) is 7.11 Å². The quantitative estimate of drug-likeness (QED) is 0.841. The van der Waals surface area contributed by atoms with E-state index < -0.39 is 0 Å². The van der Waals surface area contributed by atoms with Gasteiger partial charge in [0.05, 0.1) is 7.11 Å². The van der Waals surface area contributed by atoms with E-state index in [1.165, 1.54) is 0 Å². The molecule has 1 aliphatic heterocycles. The van der Waals surface area contributed by atoms with Crippen LogP contribution in [0.2, 0.25) is 0 Å². The molecule has 0 radical (unpaired) electrons. The Labute approximate surface area is 102 Å². The van der Waals surface area contributed by atoms with Crippen molar-refractivity contribution in [1.82, 2.24) is 5.32 Å². The van der Waals surface area contributed by atoms with Crippen LogP contribution < -0.4 is 15.0 Å².